The SMILES string of the molecule is CCOC(=O)N1CCN(C(=O)c2cccc(C(=O)NCc3ccccc3)n2)CC1. The molecule has 3 rings (SSSR count). The number of amides is 3. The van der Waals surface area contributed by atoms with Crippen molar-refractivity contribution in [2.45, 2.75) is 13.5 Å². The highest BCUT2D eigenvalue weighted by Crippen LogP contribution is 2.09. The van der Waals surface area contributed by atoms with Crippen LogP contribution in [0.1, 0.15) is 33.5 Å². The fourth-order valence-electron chi connectivity index (χ4n) is 3.02. The fourth-order valence-corrected chi connectivity index (χ4v) is 3.02. The number of nitrogens with one attached hydrogen (secondary N) is 1. The minimum Gasteiger partial charge on any atom is -0.450 e. The summed E-state index contributed by atoms with van der Waals surface area (Å²) in [6, 6.07) is 14.4. The van der Waals surface area contributed by atoms with Gasteiger partial charge in [-0.1, -0.05) is 36.4 Å². The van der Waals surface area contributed by atoms with E-state index in [1.807, 2.05) is 30.3 Å². The van der Waals surface area contributed by atoms with Crippen molar-refractivity contribution in [2.75, 3.05) is 32.8 Å². The molecule has 3 amide bonds. The van der Waals surface area contributed by atoms with E-state index in [2.05, 4.69) is 10.3 Å². The van der Waals surface area contributed by atoms with E-state index < -0.39 is 0 Å². The number of carbonyl (C=O) groups is 3. The summed E-state index contributed by atoms with van der Waals surface area (Å²) in [5.74, 6) is -0.596. The largest absolute Gasteiger partial charge is 0.450 e. The number of rotatable bonds is 5. The Morgan fingerprint density at radius 3 is 2.28 bits per heavy atom. The van der Waals surface area contributed by atoms with Gasteiger partial charge in [-0.05, 0) is 24.6 Å². The van der Waals surface area contributed by atoms with Crippen LogP contribution in [0.4, 0.5) is 4.79 Å². The monoisotopic (exact) mass is 396 g/mol. The molecule has 152 valence electrons. The van der Waals surface area contributed by atoms with Gasteiger partial charge < -0.3 is 19.9 Å². The predicted octanol–water partition coefficient (Wildman–Crippen LogP) is 1.93. The van der Waals surface area contributed by atoms with Gasteiger partial charge in [0.1, 0.15) is 11.4 Å². The minimum absolute atomic E-state index is 0.192. The molecule has 1 saturated heterocycles. The van der Waals surface area contributed by atoms with Gasteiger partial charge in [0.25, 0.3) is 11.8 Å². The van der Waals surface area contributed by atoms with Crippen LogP contribution in [0.3, 0.4) is 0 Å². The van der Waals surface area contributed by atoms with Crippen molar-refractivity contribution in [2.24, 2.45) is 0 Å². The molecule has 1 aromatic heterocycles. The number of carbonyl (C=O) groups excluding carboxylic acids is 3. The topological polar surface area (TPSA) is 91.8 Å². The van der Waals surface area contributed by atoms with Gasteiger partial charge in [-0.2, -0.15) is 0 Å². The third-order valence-electron chi connectivity index (χ3n) is 4.59. The van der Waals surface area contributed by atoms with E-state index in [9.17, 15) is 14.4 Å². The molecule has 1 aliphatic rings. The first kappa shape index (κ1) is 20.3. The standard InChI is InChI=1S/C21H24N4O4/c1-2-29-21(28)25-13-11-24(12-14-25)20(27)18-10-6-9-17(23-18)19(26)22-15-16-7-4-3-5-8-16/h3-10H,2,11-15H2,1H3,(H,22,26). The molecule has 29 heavy (non-hydrogen) atoms. The van der Waals surface area contributed by atoms with Crippen molar-refractivity contribution in [3.63, 3.8) is 0 Å². The lowest BCUT2D eigenvalue weighted by molar-refractivity contribution is 0.0565. The van der Waals surface area contributed by atoms with Crippen molar-refractivity contribution in [1.82, 2.24) is 20.1 Å². The minimum atomic E-state index is -0.366. The molecule has 0 bridgehead atoms. The number of hydrogen-bond donors (Lipinski definition) is 1. The Kier molecular flexibility index (Phi) is 6.78. The number of nitrogens with zero attached hydrogens (tertiary/aromatic N) is 3. The predicted molar refractivity (Wildman–Crippen MR) is 106 cm³/mol. The van der Waals surface area contributed by atoms with Crippen LogP contribution in [0.25, 0.3) is 0 Å². The van der Waals surface area contributed by atoms with E-state index in [-0.39, 0.29) is 29.3 Å². The molecule has 1 aromatic carbocycles. The normalized spacial score (nSPS) is 13.7. The van der Waals surface area contributed by atoms with Crippen molar-refractivity contribution >= 4 is 17.9 Å². The molecule has 8 nitrogen and oxygen atoms in total. The van der Waals surface area contributed by atoms with E-state index in [0.717, 1.165) is 5.56 Å². The van der Waals surface area contributed by atoms with Crippen LogP contribution in [0.5, 0.6) is 0 Å². The zero-order valence-corrected chi connectivity index (χ0v) is 16.3. The Morgan fingerprint density at radius 1 is 0.931 bits per heavy atom. The molecule has 0 atom stereocenters. The zero-order valence-electron chi connectivity index (χ0n) is 16.3. The lowest BCUT2D eigenvalue weighted by Crippen LogP contribution is -2.50. The first-order valence-corrected chi connectivity index (χ1v) is 9.58. The summed E-state index contributed by atoms with van der Waals surface area (Å²) in [4.78, 5) is 44.4. The number of piperazine rings is 1. The number of ether oxygens (including phenoxy) is 1. The van der Waals surface area contributed by atoms with E-state index in [4.69, 9.17) is 4.74 Å². The maximum Gasteiger partial charge on any atom is 0.409 e. The highest BCUT2D eigenvalue weighted by molar-refractivity contribution is 5.96. The Labute approximate surface area is 169 Å². The lowest BCUT2D eigenvalue weighted by atomic mass is 10.2. The molecule has 0 unspecified atom stereocenters. The lowest BCUT2D eigenvalue weighted by Gasteiger charge is -2.33. The summed E-state index contributed by atoms with van der Waals surface area (Å²) >= 11 is 0. The molecule has 0 aliphatic carbocycles. The van der Waals surface area contributed by atoms with Crippen LogP contribution < -0.4 is 5.32 Å². The molecule has 1 N–H and O–H groups in total. The highest BCUT2D eigenvalue weighted by atomic mass is 16.6. The van der Waals surface area contributed by atoms with E-state index in [0.29, 0.717) is 39.3 Å². The van der Waals surface area contributed by atoms with E-state index in [1.54, 1.807) is 34.9 Å². The second-order valence-corrected chi connectivity index (χ2v) is 6.55. The van der Waals surface area contributed by atoms with Crippen LogP contribution >= 0.6 is 0 Å². The summed E-state index contributed by atoms with van der Waals surface area (Å²) in [5.41, 5.74) is 1.38. The first-order valence-electron chi connectivity index (χ1n) is 9.58. The average molecular weight is 396 g/mol. The van der Waals surface area contributed by atoms with Crippen molar-refractivity contribution in [1.29, 1.82) is 0 Å². The molecule has 0 saturated carbocycles. The van der Waals surface area contributed by atoms with Crippen LogP contribution in [-0.2, 0) is 11.3 Å². The summed E-state index contributed by atoms with van der Waals surface area (Å²) in [7, 11) is 0. The molecule has 1 fully saturated rings. The van der Waals surface area contributed by atoms with Crippen LogP contribution in [0.15, 0.2) is 48.5 Å². The Balaban J connectivity index is 1.58. The van der Waals surface area contributed by atoms with Crippen molar-refractivity contribution < 1.29 is 19.1 Å². The molecule has 0 radical (unpaired) electrons. The summed E-state index contributed by atoms with van der Waals surface area (Å²) in [5, 5.41) is 2.81. The second kappa shape index (κ2) is 9.68. The maximum atomic E-state index is 12.8. The highest BCUT2D eigenvalue weighted by Gasteiger charge is 2.26. The second-order valence-electron chi connectivity index (χ2n) is 6.55. The quantitative estimate of drug-likeness (QED) is 0.834. The summed E-state index contributed by atoms with van der Waals surface area (Å²) in [6.45, 7) is 4.06. The summed E-state index contributed by atoms with van der Waals surface area (Å²) in [6.07, 6.45) is -0.366. The number of aromatic nitrogens is 1. The average Bonchev–Trinajstić information content (AvgIpc) is 2.78. The molecule has 2 heterocycles. The van der Waals surface area contributed by atoms with Gasteiger partial charge in [-0.25, -0.2) is 9.78 Å². The van der Waals surface area contributed by atoms with Gasteiger partial charge in [0, 0.05) is 32.7 Å². The van der Waals surface area contributed by atoms with Gasteiger partial charge in [0.15, 0.2) is 0 Å². The molecule has 8 heteroatoms. The van der Waals surface area contributed by atoms with Gasteiger partial charge in [-0.15, -0.1) is 0 Å². The Bertz CT molecular complexity index is 864. The Morgan fingerprint density at radius 2 is 1.59 bits per heavy atom. The fraction of sp³-hybridized carbons (Fsp3) is 0.333. The number of pyridine rings is 1. The van der Waals surface area contributed by atoms with Crippen molar-refractivity contribution in [3.05, 3.63) is 65.5 Å². The Hall–Kier alpha value is -3.42. The third-order valence-corrected chi connectivity index (χ3v) is 4.59. The molecular weight excluding hydrogens is 372 g/mol. The van der Waals surface area contributed by atoms with Gasteiger partial charge in [0.05, 0.1) is 6.61 Å². The van der Waals surface area contributed by atoms with Gasteiger partial charge >= 0.3 is 6.09 Å². The zero-order chi connectivity index (χ0) is 20.6. The van der Waals surface area contributed by atoms with Crippen molar-refractivity contribution in [3.8, 4) is 0 Å². The van der Waals surface area contributed by atoms with Crippen LogP contribution in [0.2, 0.25) is 0 Å². The van der Waals surface area contributed by atoms with Gasteiger partial charge in [0.2, 0.25) is 0 Å². The van der Waals surface area contributed by atoms with Crippen LogP contribution in [0, 0.1) is 0 Å². The summed E-state index contributed by atoms with van der Waals surface area (Å²) < 4.78 is 4.99. The smallest absolute Gasteiger partial charge is 0.409 e. The van der Waals surface area contributed by atoms with Gasteiger partial charge in [-0.3, -0.25) is 9.59 Å². The van der Waals surface area contributed by atoms with E-state index >= 15 is 0 Å². The maximum absolute atomic E-state index is 12.8. The first-order chi connectivity index (χ1) is 14.1. The molecule has 1 aliphatic heterocycles. The van der Waals surface area contributed by atoms with E-state index in [1.165, 1.54) is 0 Å². The number of hydrogen-bond acceptors (Lipinski definition) is 5. The van der Waals surface area contributed by atoms with Crippen LogP contribution in [-0.4, -0.2) is 65.5 Å². The molecule has 0 spiro atoms. The molecule has 2 aromatic rings. The number of benzene rings is 1. The third kappa shape index (κ3) is 5.31. The molecular formula is C21H24N4O4.